The van der Waals surface area contributed by atoms with Crippen LogP contribution in [0.15, 0.2) is 0 Å². The summed E-state index contributed by atoms with van der Waals surface area (Å²) in [5, 5.41) is 33.8. The minimum atomic E-state index is -2.74. The molecule has 0 rings (SSSR count). The zero-order valence-electron chi connectivity index (χ0n) is 6.43. The molecule has 0 aromatic rings. The molecule has 15 heavy (non-hydrogen) atoms. The van der Waals surface area contributed by atoms with Crippen molar-refractivity contribution in [2.75, 3.05) is 0 Å². The van der Waals surface area contributed by atoms with Gasteiger partial charge in [-0.05, 0) is 0 Å². The molecule has 4 N–H and O–H groups in total. The Bertz CT molecular complexity index is 238. The molecule has 0 bridgehead atoms. The van der Waals surface area contributed by atoms with E-state index in [9.17, 15) is 14.4 Å². The summed E-state index contributed by atoms with van der Waals surface area (Å²) < 4.78 is 0. The Hall–Kier alpha value is -0.565. The Balaban J connectivity index is -0.000000720. The summed E-state index contributed by atoms with van der Waals surface area (Å²) in [7, 11) is 0. The van der Waals surface area contributed by atoms with Crippen LogP contribution in [0.4, 0.5) is 0 Å². The summed E-state index contributed by atoms with van der Waals surface area (Å²) in [6, 6.07) is 0. The first kappa shape index (κ1) is 19.9. The number of carboxylic acid groups (broad SMARTS) is 3. The van der Waals surface area contributed by atoms with Crippen molar-refractivity contribution < 1.29 is 34.8 Å². The number of hydrogen-bond acceptors (Lipinski definition) is 4. The van der Waals surface area contributed by atoms with Crippen molar-refractivity contribution in [2.45, 2.75) is 18.4 Å². The number of carboxylic acids is 3. The topological polar surface area (TPSA) is 132 Å². The van der Waals surface area contributed by atoms with Gasteiger partial charge in [0.15, 0.2) is 5.60 Å². The Morgan fingerprint density at radius 2 is 1.20 bits per heavy atom. The van der Waals surface area contributed by atoms with Crippen molar-refractivity contribution in [2.24, 2.45) is 0 Å². The van der Waals surface area contributed by atoms with E-state index in [0.29, 0.717) is 0 Å². The van der Waals surface area contributed by atoms with E-state index in [1.54, 1.807) is 0 Å². The Labute approximate surface area is 109 Å². The van der Waals surface area contributed by atoms with Crippen LogP contribution < -0.4 is 0 Å². The van der Waals surface area contributed by atoms with Crippen LogP contribution in [0.2, 0.25) is 0 Å². The standard InChI is InChI=1S/C6H8O7.BH3.Na.H/c7-3(8)1-6(13,5(11)12)2-4(9)10;;;/h13H,1-2H2,(H,7,8)(H,9,10)(H,11,12);1H3;;. The van der Waals surface area contributed by atoms with Crippen LogP contribution in [0.3, 0.4) is 0 Å². The molecule has 0 saturated carbocycles. The summed E-state index contributed by atoms with van der Waals surface area (Å²) in [6.45, 7) is 0. The van der Waals surface area contributed by atoms with Crippen molar-refractivity contribution >= 4 is 55.9 Å². The van der Waals surface area contributed by atoms with Gasteiger partial charge in [-0.15, -0.1) is 0 Å². The summed E-state index contributed by atoms with van der Waals surface area (Å²) in [6.07, 6.45) is -2.29. The van der Waals surface area contributed by atoms with Gasteiger partial charge in [0.2, 0.25) is 0 Å². The Morgan fingerprint density at radius 3 is 1.33 bits per heavy atom. The molecule has 82 valence electrons. The molecule has 0 radical (unpaired) electrons. The van der Waals surface area contributed by atoms with Gasteiger partial charge in [0.05, 0.1) is 21.3 Å². The van der Waals surface area contributed by atoms with Gasteiger partial charge < -0.3 is 20.4 Å². The summed E-state index contributed by atoms with van der Waals surface area (Å²) in [5.74, 6) is -5.02. The van der Waals surface area contributed by atoms with Crippen LogP contribution >= 0.6 is 0 Å². The number of carbonyl (C=O) groups is 3. The van der Waals surface area contributed by atoms with Gasteiger partial charge in [0.25, 0.3) is 0 Å². The molecule has 0 saturated heterocycles. The molecule has 0 aliphatic rings. The monoisotopic (exact) mass is 230 g/mol. The van der Waals surface area contributed by atoms with Crippen molar-refractivity contribution in [3.05, 3.63) is 0 Å². The minimum absolute atomic E-state index is 0. The number of rotatable bonds is 5. The predicted molar refractivity (Wildman–Crippen MR) is 54.2 cm³/mol. The fraction of sp³-hybridized carbons (Fsp3) is 0.500. The van der Waals surface area contributed by atoms with Gasteiger partial charge in [-0.25, -0.2) is 4.79 Å². The van der Waals surface area contributed by atoms with Crippen molar-refractivity contribution in [1.29, 1.82) is 0 Å². The molecule has 0 fully saturated rings. The van der Waals surface area contributed by atoms with E-state index in [2.05, 4.69) is 0 Å². The van der Waals surface area contributed by atoms with E-state index in [4.69, 9.17) is 20.4 Å². The zero-order chi connectivity index (χ0) is 10.6. The zero-order valence-corrected chi connectivity index (χ0v) is 6.43. The third-order valence-electron chi connectivity index (χ3n) is 1.29. The van der Waals surface area contributed by atoms with Crippen LogP contribution in [0.25, 0.3) is 0 Å². The van der Waals surface area contributed by atoms with Gasteiger partial charge in [-0.3, -0.25) is 9.59 Å². The quantitative estimate of drug-likeness (QED) is 0.368. The predicted octanol–water partition coefficient (Wildman–Crippen LogP) is -3.08. The molecule has 0 aliphatic heterocycles. The van der Waals surface area contributed by atoms with Gasteiger partial charge in [-0.2, -0.15) is 0 Å². The van der Waals surface area contributed by atoms with E-state index in [0.717, 1.165) is 0 Å². The van der Waals surface area contributed by atoms with E-state index in [1.165, 1.54) is 0 Å². The Morgan fingerprint density at radius 1 is 0.933 bits per heavy atom. The molecule has 0 atom stereocenters. The van der Waals surface area contributed by atoms with Crippen LogP contribution in [-0.4, -0.2) is 81.9 Å². The van der Waals surface area contributed by atoms with Crippen molar-refractivity contribution in [3.8, 4) is 0 Å². The normalized spacial score (nSPS) is 9.40. The molecule has 0 heterocycles. The fourth-order valence-corrected chi connectivity index (χ4v) is 0.714. The van der Waals surface area contributed by atoms with Gasteiger partial charge >= 0.3 is 47.5 Å². The second-order valence-electron chi connectivity index (χ2n) is 2.48. The average Bonchev–Trinajstić information content (AvgIpc) is 1.82. The summed E-state index contributed by atoms with van der Waals surface area (Å²) >= 11 is 0. The van der Waals surface area contributed by atoms with Crippen LogP contribution in [0, 0.1) is 0 Å². The second-order valence-corrected chi connectivity index (χ2v) is 2.48. The molecule has 0 aliphatic carbocycles. The van der Waals surface area contributed by atoms with E-state index >= 15 is 0 Å². The van der Waals surface area contributed by atoms with E-state index < -0.39 is 36.4 Å². The van der Waals surface area contributed by atoms with Gasteiger partial charge in [0, 0.05) is 0 Å². The molecule has 7 nitrogen and oxygen atoms in total. The van der Waals surface area contributed by atoms with Gasteiger partial charge in [-0.1, -0.05) is 0 Å². The van der Waals surface area contributed by atoms with Crippen LogP contribution in [0.5, 0.6) is 0 Å². The molecule has 0 aromatic carbocycles. The first-order valence-electron chi connectivity index (χ1n) is 3.17. The first-order chi connectivity index (χ1) is 5.78. The molecule has 0 amide bonds. The Kier molecular flexibility index (Phi) is 10.2. The molecular weight excluding hydrogens is 218 g/mol. The first-order valence-corrected chi connectivity index (χ1v) is 3.17. The van der Waals surface area contributed by atoms with Crippen LogP contribution in [0.1, 0.15) is 12.8 Å². The second kappa shape index (κ2) is 7.69. The number of hydrogen-bond donors (Lipinski definition) is 4. The fourth-order valence-electron chi connectivity index (χ4n) is 0.714. The third kappa shape index (κ3) is 7.37. The molecule has 0 unspecified atom stereocenters. The number of aliphatic carboxylic acids is 3. The molecule has 9 heteroatoms. The van der Waals surface area contributed by atoms with Crippen LogP contribution in [-0.2, 0) is 14.4 Å². The number of aliphatic hydroxyl groups is 1. The summed E-state index contributed by atoms with van der Waals surface area (Å²) in [4.78, 5) is 30.5. The summed E-state index contributed by atoms with van der Waals surface area (Å²) in [5.41, 5.74) is -2.74. The van der Waals surface area contributed by atoms with Gasteiger partial charge in [0.1, 0.15) is 0 Å². The van der Waals surface area contributed by atoms with E-state index in [1.807, 2.05) is 0 Å². The third-order valence-corrected chi connectivity index (χ3v) is 1.29. The van der Waals surface area contributed by atoms with E-state index in [-0.39, 0.29) is 38.0 Å². The van der Waals surface area contributed by atoms with Crippen molar-refractivity contribution in [1.82, 2.24) is 0 Å². The average molecular weight is 230 g/mol. The molecule has 0 aromatic heterocycles. The molecule has 0 spiro atoms. The maximum absolute atomic E-state index is 10.3. The van der Waals surface area contributed by atoms with Crippen molar-refractivity contribution in [3.63, 3.8) is 0 Å². The maximum atomic E-state index is 10.3. The SMILES string of the molecule is B.O=C(O)CC(O)(CC(=O)O)C(=O)O.[NaH]. The molecular formula is C6H12BNaO7.